The molecule has 0 saturated carbocycles. The van der Waals surface area contributed by atoms with E-state index in [1.807, 2.05) is 0 Å². The molecule has 1 unspecified atom stereocenters. The number of ether oxygens (including phenoxy) is 1. The maximum atomic E-state index is 13.0. The molecule has 1 aliphatic heterocycles. The summed E-state index contributed by atoms with van der Waals surface area (Å²) in [5.41, 5.74) is 7.44. The van der Waals surface area contributed by atoms with E-state index in [1.54, 1.807) is 54.7 Å². The smallest absolute Gasteiger partial charge is 0.259 e. The van der Waals surface area contributed by atoms with Crippen molar-refractivity contribution in [2.24, 2.45) is 0 Å². The van der Waals surface area contributed by atoms with Gasteiger partial charge >= 0.3 is 0 Å². The number of morpholine rings is 1. The molecule has 2 atom stereocenters. The van der Waals surface area contributed by atoms with Crippen LogP contribution in [-0.4, -0.2) is 53.2 Å². The first kappa shape index (κ1) is 22.2. The van der Waals surface area contributed by atoms with Gasteiger partial charge in [-0.25, -0.2) is 4.98 Å². The molecule has 0 aliphatic carbocycles. The van der Waals surface area contributed by atoms with E-state index in [1.165, 1.54) is 11.8 Å². The fourth-order valence-electron chi connectivity index (χ4n) is 3.65. The van der Waals surface area contributed by atoms with Gasteiger partial charge in [-0.1, -0.05) is 0 Å². The molecular weight excluding hydrogens is 426 g/mol. The van der Waals surface area contributed by atoms with Crippen molar-refractivity contribution in [3.05, 3.63) is 54.7 Å². The minimum atomic E-state index is -1.71. The zero-order valence-corrected chi connectivity index (χ0v) is 17.8. The molecule has 170 valence electrons. The number of amides is 3. The van der Waals surface area contributed by atoms with Gasteiger partial charge in [0.2, 0.25) is 5.91 Å². The number of nitrogens with zero attached hydrogens (tertiary/aromatic N) is 2. The first-order valence-electron chi connectivity index (χ1n) is 10.3. The summed E-state index contributed by atoms with van der Waals surface area (Å²) in [5, 5.41) is 17.4. The van der Waals surface area contributed by atoms with E-state index >= 15 is 0 Å². The van der Waals surface area contributed by atoms with Gasteiger partial charge in [0.15, 0.2) is 12.2 Å². The lowest BCUT2D eigenvalue weighted by atomic mass is 10.1. The number of benzene rings is 2. The van der Waals surface area contributed by atoms with Crippen LogP contribution >= 0.6 is 0 Å². The Balaban J connectivity index is 1.46. The Morgan fingerprint density at radius 1 is 1.15 bits per heavy atom. The van der Waals surface area contributed by atoms with Crippen molar-refractivity contribution in [2.45, 2.75) is 19.1 Å². The summed E-state index contributed by atoms with van der Waals surface area (Å²) in [5.74, 6) is -1.13. The normalized spacial score (nSPS) is 17.0. The second kappa shape index (κ2) is 9.23. The number of nitrogen functional groups attached to an aromatic ring is 1. The van der Waals surface area contributed by atoms with Crippen molar-refractivity contribution < 1.29 is 24.2 Å². The number of carbonyl (C=O) groups excluding carboxylic acids is 3. The van der Waals surface area contributed by atoms with Crippen LogP contribution in [0.25, 0.3) is 10.8 Å². The monoisotopic (exact) mass is 449 g/mol. The summed E-state index contributed by atoms with van der Waals surface area (Å²) in [7, 11) is 0. The quantitative estimate of drug-likeness (QED) is 0.462. The average Bonchev–Trinajstić information content (AvgIpc) is 2.79. The van der Waals surface area contributed by atoms with Gasteiger partial charge in [-0.3, -0.25) is 14.4 Å². The maximum absolute atomic E-state index is 13.0. The summed E-state index contributed by atoms with van der Waals surface area (Å²) in [4.78, 5) is 42.3. The Morgan fingerprint density at radius 3 is 2.61 bits per heavy atom. The van der Waals surface area contributed by atoms with Gasteiger partial charge in [0.05, 0.1) is 6.61 Å². The van der Waals surface area contributed by atoms with Gasteiger partial charge in [-0.2, -0.15) is 0 Å². The maximum Gasteiger partial charge on any atom is 0.259 e. The minimum absolute atomic E-state index is 0.149. The number of aliphatic hydroxyl groups excluding tert-OH is 1. The summed E-state index contributed by atoms with van der Waals surface area (Å²) >= 11 is 0. The number of rotatable bonds is 5. The highest BCUT2D eigenvalue weighted by molar-refractivity contribution is 6.04. The predicted octanol–water partition coefficient (Wildman–Crippen LogP) is 1.51. The molecule has 10 heteroatoms. The topological polar surface area (TPSA) is 147 Å². The Hall–Kier alpha value is -4.02. The highest BCUT2D eigenvalue weighted by atomic mass is 16.5. The van der Waals surface area contributed by atoms with Crippen molar-refractivity contribution in [1.82, 2.24) is 4.98 Å². The molecule has 33 heavy (non-hydrogen) atoms. The van der Waals surface area contributed by atoms with Gasteiger partial charge in [0.1, 0.15) is 5.82 Å². The minimum Gasteiger partial charge on any atom is -0.383 e. The van der Waals surface area contributed by atoms with Gasteiger partial charge in [0.25, 0.3) is 11.8 Å². The van der Waals surface area contributed by atoms with E-state index in [4.69, 9.17) is 10.5 Å². The van der Waals surface area contributed by atoms with Crippen LogP contribution in [0.3, 0.4) is 0 Å². The van der Waals surface area contributed by atoms with E-state index in [0.29, 0.717) is 22.9 Å². The lowest BCUT2D eigenvalue weighted by Crippen LogP contribution is -2.55. The number of fused-ring (bicyclic) bond motifs is 1. The molecule has 3 amide bonds. The Morgan fingerprint density at radius 2 is 1.88 bits per heavy atom. The fourth-order valence-corrected chi connectivity index (χ4v) is 3.65. The van der Waals surface area contributed by atoms with Crippen molar-refractivity contribution in [3.63, 3.8) is 0 Å². The largest absolute Gasteiger partial charge is 0.383 e. The zero-order valence-electron chi connectivity index (χ0n) is 17.8. The second-order valence-electron chi connectivity index (χ2n) is 7.58. The average molecular weight is 449 g/mol. The number of carbonyl (C=O) groups is 3. The third-order valence-corrected chi connectivity index (χ3v) is 5.24. The number of aliphatic hydroxyl groups is 1. The lowest BCUT2D eigenvalue weighted by Gasteiger charge is -2.34. The third-order valence-electron chi connectivity index (χ3n) is 5.24. The van der Waals surface area contributed by atoms with E-state index < -0.39 is 24.0 Å². The van der Waals surface area contributed by atoms with E-state index in [-0.39, 0.29) is 19.1 Å². The first-order chi connectivity index (χ1) is 15.8. The van der Waals surface area contributed by atoms with E-state index in [0.717, 1.165) is 10.8 Å². The zero-order chi connectivity index (χ0) is 23.5. The summed E-state index contributed by atoms with van der Waals surface area (Å²) in [6.07, 6.45) is -1.50. The van der Waals surface area contributed by atoms with Crippen LogP contribution in [0.5, 0.6) is 0 Å². The molecule has 2 heterocycles. The molecule has 2 aromatic carbocycles. The molecule has 4 rings (SSSR count). The molecule has 3 aromatic rings. The number of nitrogens with one attached hydrogen (secondary N) is 2. The van der Waals surface area contributed by atoms with Crippen molar-refractivity contribution in [3.8, 4) is 0 Å². The van der Waals surface area contributed by atoms with Gasteiger partial charge in [-0.05, 0) is 53.9 Å². The van der Waals surface area contributed by atoms with Crippen LogP contribution in [0, 0.1) is 0 Å². The van der Waals surface area contributed by atoms with Crippen LogP contribution in [0.1, 0.15) is 6.92 Å². The standard InChI is InChI=1S/C23H23N5O5/c1-13(29)26-15-2-5-17(6-3-15)28-10-11-33-20(23(28)32)19(30)22(31)27-16-4-7-18-14(12-16)8-9-25-21(18)24/h2-9,12,19-20,30H,10-11H2,1H3,(H2,24,25)(H,26,29)(H,27,31)/t19-,20?/m1/s1. The second-order valence-corrected chi connectivity index (χ2v) is 7.58. The van der Waals surface area contributed by atoms with Crippen LogP contribution in [-0.2, 0) is 19.1 Å². The summed E-state index contributed by atoms with van der Waals surface area (Å²) in [6.45, 7) is 1.82. The Labute approximate surface area is 189 Å². The van der Waals surface area contributed by atoms with E-state index in [9.17, 15) is 19.5 Å². The molecule has 1 aromatic heterocycles. The van der Waals surface area contributed by atoms with Crippen molar-refractivity contribution in [2.75, 3.05) is 34.4 Å². The van der Waals surface area contributed by atoms with Crippen LogP contribution in [0.4, 0.5) is 22.9 Å². The van der Waals surface area contributed by atoms with Crippen LogP contribution in [0.2, 0.25) is 0 Å². The predicted molar refractivity (Wildman–Crippen MR) is 124 cm³/mol. The number of hydrogen-bond acceptors (Lipinski definition) is 7. The molecule has 1 saturated heterocycles. The molecular formula is C23H23N5O5. The number of nitrogens with two attached hydrogens (primary N) is 1. The number of anilines is 4. The van der Waals surface area contributed by atoms with Gasteiger partial charge in [-0.15, -0.1) is 0 Å². The molecule has 0 radical (unpaired) electrons. The highest BCUT2D eigenvalue weighted by Crippen LogP contribution is 2.25. The summed E-state index contributed by atoms with van der Waals surface area (Å²) in [6, 6.07) is 13.5. The first-order valence-corrected chi connectivity index (χ1v) is 10.3. The van der Waals surface area contributed by atoms with Crippen LogP contribution < -0.4 is 21.3 Å². The molecule has 1 fully saturated rings. The molecule has 0 bridgehead atoms. The number of aromatic nitrogens is 1. The molecule has 10 nitrogen and oxygen atoms in total. The molecule has 5 N–H and O–H groups in total. The van der Waals surface area contributed by atoms with Gasteiger partial charge in [0, 0.05) is 42.1 Å². The Kier molecular flexibility index (Phi) is 6.20. The van der Waals surface area contributed by atoms with Crippen molar-refractivity contribution >= 4 is 51.4 Å². The fraction of sp³-hybridized carbons (Fsp3) is 0.217. The Bertz CT molecular complexity index is 1210. The van der Waals surface area contributed by atoms with Crippen LogP contribution in [0.15, 0.2) is 54.7 Å². The lowest BCUT2D eigenvalue weighted by molar-refractivity contribution is -0.150. The van der Waals surface area contributed by atoms with Crippen molar-refractivity contribution in [1.29, 1.82) is 0 Å². The molecule has 0 spiro atoms. The summed E-state index contributed by atoms with van der Waals surface area (Å²) < 4.78 is 5.44. The van der Waals surface area contributed by atoms with E-state index in [2.05, 4.69) is 15.6 Å². The third kappa shape index (κ3) is 4.76. The highest BCUT2D eigenvalue weighted by Gasteiger charge is 2.39. The molecule has 1 aliphatic rings. The van der Waals surface area contributed by atoms with Gasteiger partial charge < -0.3 is 31.1 Å². The SMILES string of the molecule is CC(=O)Nc1ccc(N2CCOC([C@@H](O)C(=O)Nc3ccc4c(N)nccc4c3)C2=O)cc1. The number of pyridine rings is 1. The number of hydrogen-bond donors (Lipinski definition) is 4.